The van der Waals surface area contributed by atoms with Crippen molar-refractivity contribution < 1.29 is 19.0 Å². The standard InChI is InChI=1S/C23H28O2.C2H4O2/c1-17-8-7-11-20(14-17)23-21(24-2)15-19(16-22(23)25-3)13-12-18-9-5-4-6-10-18;1-4-2-3/h4-6,9-10,14-16,20H,7-8,11-13H2,1-3H3;2H,1H3. The molecule has 1 atom stereocenters. The van der Waals surface area contributed by atoms with Gasteiger partial charge in [-0.2, -0.15) is 0 Å². The predicted octanol–water partition coefficient (Wildman–Crippen LogP) is 5.49. The van der Waals surface area contributed by atoms with Gasteiger partial charge in [-0.3, -0.25) is 4.79 Å². The third-order valence-electron chi connectivity index (χ3n) is 5.19. The van der Waals surface area contributed by atoms with Crippen molar-refractivity contribution in [3.8, 4) is 11.5 Å². The van der Waals surface area contributed by atoms with Gasteiger partial charge in [-0.15, -0.1) is 0 Å². The Labute approximate surface area is 174 Å². The van der Waals surface area contributed by atoms with Gasteiger partial charge >= 0.3 is 0 Å². The molecule has 0 spiro atoms. The van der Waals surface area contributed by atoms with Crippen LogP contribution in [0, 0.1) is 0 Å². The molecule has 4 heteroatoms. The van der Waals surface area contributed by atoms with Gasteiger partial charge in [0.1, 0.15) is 11.5 Å². The van der Waals surface area contributed by atoms with Crippen LogP contribution >= 0.6 is 0 Å². The smallest absolute Gasteiger partial charge is 0.292 e. The van der Waals surface area contributed by atoms with Crippen molar-refractivity contribution in [2.45, 2.75) is 44.9 Å². The first-order valence-corrected chi connectivity index (χ1v) is 10.0. The van der Waals surface area contributed by atoms with Crippen molar-refractivity contribution >= 4 is 6.47 Å². The van der Waals surface area contributed by atoms with E-state index >= 15 is 0 Å². The SMILES string of the molecule is COC=O.COc1cc(CCc2ccccc2)cc(OC)c1C1C=C(C)CCC1. The van der Waals surface area contributed by atoms with E-state index in [-0.39, 0.29) is 0 Å². The van der Waals surface area contributed by atoms with E-state index in [2.05, 4.69) is 60.2 Å². The molecule has 1 aliphatic rings. The van der Waals surface area contributed by atoms with Crippen LogP contribution in [0.1, 0.15) is 48.8 Å². The first-order valence-electron chi connectivity index (χ1n) is 10.0. The van der Waals surface area contributed by atoms with Gasteiger partial charge in [0, 0.05) is 11.5 Å². The van der Waals surface area contributed by atoms with Crippen molar-refractivity contribution in [1.82, 2.24) is 0 Å². The molecule has 0 saturated carbocycles. The van der Waals surface area contributed by atoms with Crippen LogP contribution in [0.25, 0.3) is 0 Å². The molecule has 4 nitrogen and oxygen atoms in total. The van der Waals surface area contributed by atoms with Crippen molar-refractivity contribution in [3.05, 3.63) is 70.8 Å². The zero-order valence-electron chi connectivity index (χ0n) is 17.9. The molecule has 0 aromatic heterocycles. The molecule has 1 unspecified atom stereocenters. The minimum atomic E-state index is 0.375. The van der Waals surface area contributed by atoms with Crippen molar-refractivity contribution in [1.29, 1.82) is 0 Å². The van der Waals surface area contributed by atoms with Gasteiger partial charge < -0.3 is 14.2 Å². The van der Waals surface area contributed by atoms with Gasteiger partial charge in [-0.25, -0.2) is 0 Å². The normalized spacial score (nSPS) is 15.4. The molecule has 0 amide bonds. The van der Waals surface area contributed by atoms with Gasteiger partial charge in [0.05, 0.1) is 21.3 Å². The van der Waals surface area contributed by atoms with Gasteiger partial charge in [0.2, 0.25) is 0 Å². The van der Waals surface area contributed by atoms with Gasteiger partial charge in [-0.1, -0.05) is 42.0 Å². The molecule has 2 aromatic carbocycles. The average molecular weight is 397 g/mol. The van der Waals surface area contributed by atoms with Crippen LogP contribution in [-0.2, 0) is 22.4 Å². The lowest BCUT2D eigenvalue weighted by atomic mass is 9.84. The molecular weight excluding hydrogens is 364 g/mol. The van der Waals surface area contributed by atoms with E-state index in [1.165, 1.54) is 42.2 Å². The molecule has 0 saturated heterocycles. The highest BCUT2D eigenvalue weighted by molar-refractivity contribution is 5.52. The maximum atomic E-state index is 8.95. The first-order chi connectivity index (χ1) is 14.1. The fourth-order valence-corrected chi connectivity index (χ4v) is 3.77. The van der Waals surface area contributed by atoms with Crippen LogP contribution in [0.2, 0.25) is 0 Å². The Morgan fingerprint density at radius 1 is 0.966 bits per heavy atom. The lowest BCUT2D eigenvalue weighted by molar-refractivity contribution is -0.126. The van der Waals surface area contributed by atoms with Gasteiger partial charge in [0.15, 0.2) is 0 Å². The Hall–Kier alpha value is -2.75. The van der Waals surface area contributed by atoms with Gasteiger partial charge in [0.25, 0.3) is 6.47 Å². The zero-order valence-corrected chi connectivity index (χ0v) is 17.9. The van der Waals surface area contributed by atoms with Crippen LogP contribution in [0.15, 0.2) is 54.1 Å². The maximum absolute atomic E-state index is 8.95. The molecule has 0 N–H and O–H groups in total. The van der Waals surface area contributed by atoms with Crippen LogP contribution in [0.5, 0.6) is 11.5 Å². The Kier molecular flexibility index (Phi) is 9.29. The summed E-state index contributed by atoms with van der Waals surface area (Å²) in [5.41, 5.74) is 5.29. The second kappa shape index (κ2) is 11.9. The number of carbonyl (C=O) groups excluding carboxylic acids is 1. The highest BCUT2D eigenvalue weighted by atomic mass is 16.5. The molecular formula is C25H32O4. The summed E-state index contributed by atoms with van der Waals surface area (Å²) in [6, 6.07) is 15.0. The summed E-state index contributed by atoms with van der Waals surface area (Å²) in [7, 11) is 4.84. The number of allylic oxidation sites excluding steroid dienone is 2. The number of hydrogen-bond acceptors (Lipinski definition) is 4. The summed E-state index contributed by atoms with van der Waals surface area (Å²) in [5.74, 6) is 2.30. The Balaban J connectivity index is 0.000000687. The quantitative estimate of drug-likeness (QED) is 0.458. The lowest BCUT2D eigenvalue weighted by Gasteiger charge is -2.24. The van der Waals surface area contributed by atoms with E-state index in [1.807, 2.05) is 0 Å². The molecule has 0 fully saturated rings. The van der Waals surface area contributed by atoms with Gasteiger partial charge in [-0.05, 0) is 62.3 Å². The number of aryl methyl sites for hydroxylation is 2. The Bertz CT molecular complexity index is 771. The molecule has 0 aliphatic heterocycles. The van der Waals surface area contributed by atoms with E-state index in [4.69, 9.17) is 14.3 Å². The zero-order chi connectivity index (χ0) is 21.1. The van der Waals surface area contributed by atoms with Crippen LogP contribution in [0.3, 0.4) is 0 Å². The first kappa shape index (κ1) is 22.5. The van der Waals surface area contributed by atoms with Crippen LogP contribution in [-0.4, -0.2) is 27.8 Å². The molecule has 0 bridgehead atoms. The van der Waals surface area contributed by atoms with Crippen LogP contribution in [0.4, 0.5) is 0 Å². The van der Waals surface area contributed by atoms with Crippen molar-refractivity contribution in [3.63, 3.8) is 0 Å². The molecule has 3 rings (SSSR count). The number of rotatable bonds is 7. The van der Waals surface area contributed by atoms with E-state index in [0.717, 1.165) is 30.8 Å². The van der Waals surface area contributed by atoms with Crippen molar-refractivity contribution in [2.75, 3.05) is 21.3 Å². The summed E-state index contributed by atoms with van der Waals surface area (Å²) in [6.07, 6.45) is 7.98. The fourth-order valence-electron chi connectivity index (χ4n) is 3.77. The minimum Gasteiger partial charge on any atom is -0.496 e. The molecule has 0 radical (unpaired) electrons. The van der Waals surface area contributed by atoms with E-state index in [0.29, 0.717) is 12.4 Å². The topological polar surface area (TPSA) is 44.8 Å². The minimum absolute atomic E-state index is 0.375. The van der Waals surface area contributed by atoms with E-state index in [9.17, 15) is 0 Å². The second-order valence-corrected chi connectivity index (χ2v) is 7.24. The monoisotopic (exact) mass is 396 g/mol. The second-order valence-electron chi connectivity index (χ2n) is 7.24. The average Bonchev–Trinajstić information content (AvgIpc) is 2.77. The molecule has 1 aliphatic carbocycles. The highest BCUT2D eigenvalue weighted by Crippen LogP contribution is 2.42. The summed E-state index contributed by atoms with van der Waals surface area (Å²) in [5, 5.41) is 0. The molecule has 2 aromatic rings. The maximum Gasteiger partial charge on any atom is 0.292 e. The summed E-state index contributed by atoms with van der Waals surface area (Å²) >= 11 is 0. The Morgan fingerprint density at radius 2 is 1.55 bits per heavy atom. The van der Waals surface area contributed by atoms with Crippen molar-refractivity contribution in [2.24, 2.45) is 0 Å². The van der Waals surface area contributed by atoms with E-state index in [1.54, 1.807) is 14.2 Å². The summed E-state index contributed by atoms with van der Waals surface area (Å²) in [6.45, 7) is 2.60. The number of ether oxygens (including phenoxy) is 3. The van der Waals surface area contributed by atoms with E-state index < -0.39 is 0 Å². The third kappa shape index (κ3) is 6.67. The summed E-state index contributed by atoms with van der Waals surface area (Å²) in [4.78, 5) is 8.95. The molecule has 29 heavy (non-hydrogen) atoms. The number of hydrogen-bond donors (Lipinski definition) is 0. The number of carbonyl (C=O) groups is 1. The lowest BCUT2D eigenvalue weighted by Crippen LogP contribution is -2.07. The molecule has 156 valence electrons. The highest BCUT2D eigenvalue weighted by Gasteiger charge is 2.22. The Morgan fingerprint density at radius 3 is 2.07 bits per heavy atom. The van der Waals surface area contributed by atoms with Crippen LogP contribution < -0.4 is 9.47 Å². The number of methoxy groups -OCH3 is 3. The fraction of sp³-hybridized carbons (Fsp3) is 0.400. The molecule has 0 heterocycles. The third-order valence-corrected chi connectivity index (χ3v) is 5.19. The largest absolute Gasteiger partial charge is 0.496 e. The number of benzene rings is 2. The summed E-state index contributed by atoms with van der Waals surface area (Å²) < 4.78 is 15.4. The predicted molar refractivity (Wildman–Crippen MR) is 117 cm³/mol.